The van der Waals surface area contributed by atoms with Gasteiger partial charge in [-0.05, 0) is 19.9 Å². The standard InChI is InChI=1S/C11H15N5O3S2/c1-7-6-8(2)13-9(12-7)14-10-15-11(20-16-10)21(17,18)5-4-19-3/h6H,4-5H2,1-3H3,(H,12,13,14,16). The molecule has 0 saturated heterocycles. The van der Waals surface area contributed by atoms with E-state index in [9.17, 15) is 8.42 Å². The van der Waals surface area contributed by atoms with Crippen LogP contribution in [0.5, 0.6) is 0 Å². The topological polar surface area (TPSA) is 107 Å². The molecule has 0 aliphatic heterocycles. The Hall–Kier alpha value is -1.65. The van der Waals surface area contributed by atoms with E-state index < -0.39 is 9.84 Å². The second-order valence-electron chi connectivity index (χ2n) is 4.29. The fraction of sp³-hybridized carbons (Fsp3) is 0.455. The van der Waals surface area contributed by atoms with Crippen LogP contribution in [0.3, 0.4) is 0 Å². The molecule has 2 rings (SSSR count). The van der Waals surface area contributed by atoms with Crippen molar-refractivity contribution >= 4 is 33.3 Å². The second-order valence-corrected chi connectivity index (χ2v) is 7.33. The van der Waals surface area contributed by atoms with Crippen molar-refractivity contribution in [3.05, 3.63) is 17.5 Å². The third-order valence-corrected chi connectivity index (χ3v) is 5.26. The van der Waals surface area contributed by atoms with Crippen LogP contribution in [-0.4, -0.2) is 47.2 Å². The van der Waals surface area contributed by atoms with Gasteiger partial charge in [-0.15, -0.1) is 0 Å². The van der Waals surface area contributed by atoms with Crippen LogP contribution in [0, 0.1) is 13.8 Å². The largest absolute Gasteiger partial charge is 0.384 e. The summed E-state index contributed by atoms with van der Waals surface area (Å²) in [5.74, 6) is 0.380. The number of hydrogen-bond acceptors (Lipinski definition) is 9. The molecule has 10 heteroatoms. The first-order chi connectivity index (χ1) is 9.90. The van der Waals surface area contributed by atoms with Gasteiger partial charge in [-0.3, -0.25) is 5.32 Å². The molecule has 0 fully saturated rings. The summed E-state index contributed by atoms with van der Waals surface area (Å²) in [5.41, 5.74) is 1.60. The van der Waals surface area contributed by atoms with E-state index in [0.717, 1.165) is 22.9 Å². The van der Waals surface area contributed by atoms with E-state index in [4.69, 9.17) is 4.74 Å². The Kier molecular flexibility index (Phi) is 4.80. The Morgan fingerprint density at radius 1 is 1.19 bits per heavy atom. The van der Waals surface area contributed by atoms with Gasteiger partial charge >= 0.3 is 0 Å². The lowest BCUT2D eigenvalue weighted by atomic mass is 10.4. The van der Waals surface area contributed by atoms with Crippen molar-refractivity contribution in [3.8, 4) is 0 Å². The van der Waals surface area contributed by atoms with Gasteiger partial charge < -0.3 is 4.74 Å². The minimum atomic E-state index is -3.47. The molecule has 8 nitrogen and oxygen atoms in total. The summed E-state index contributed by atoms with van der Waals surface area (Å²) in [6.07, 6.45) is 0. The first kappa shape index (κ1) is 15.7. The number of aryl methyl sites for hydroxylation is 2. The highest BCUT2D eigenvalue weighted by Crippen LogP contribution is 2.18. The maximum Gasteiger partial charge on any atom is 0.242 e. The Balaban J connectivity index is 2.16. The average molecular weight is 329 g/mol. The minimum absolute atomic E-state index is 0.0496. The predicted molar refractivity (Wildman–Crippen MR) is 78.6 cm³/mol. The molecule has 0 radical (unpaired) electrons. The number of methoxy groups -OCH3 is 1. The van der Waals surface area contributed by atoms with E-state index in [2.05, 4.69) is 24.6 Å². The van der Waals surface area contributed by atoms with Crippen LogP contribution in [0.4, 0.5) is 11.9 Å². The lowest BCUT2D eigenvalue weighted by molar-refractivity contribution is 0.217. The van der Waals surface area contributed by atoms with E-state index in [0.29, 0.717) is 5.95 Å². The quantitative estimate of drug-likeness (QED) is 0.840. The zero-order valence-electron chi connectivity index (χ0n) is 11.8. The van der Waals surface area contributed by atoms with Crippen LogP contribution in [0.15, 0.2) is 10.4 Å². The van der Waals surface area contributed by atoms with Crippen LogP contribution in [0.2, 0.25) is 0 Å². The molecule has 2 heterocycles. The summed E-state index contributed by atoms with van der Waals surface area (Å²) in [7, 11) is -2.03. The molecule has 0 aliphatic rings. The number of aromatic nitrogens is 4. The van der Waals surface area contributed by atoms with Crippen molar-refractivity contribution in [3.63, 3.8) is 0 Å². The third-order valence-electron chi connectivity index (χ3n) is 2.44. The molecule has 0 aromatic carbocycles. The highest BCUT2D eigenvalue weighted by atomic mass is 32.2. The number of rotatable bonds is 6. The van der Waals surface area contributed by atoms with Crippen molar-refractivity contribution in [1.82, 2.24) is 19.3 Å². The van der Waals surface area contributed by atoms with Crippen molar-refractivity contribution in [2.45, 2.75) is 18.2 Å². The van der Waals surface area contributed by atoms with Crippen molar-refractivity contribution in [2.75, 3.05) is 24.8 Å². The van der Waals surface area contributed by atoms with Crippen molar-refractivity contribution in [2.24, 2.45) is 0 Å². The summed E-state index contributed by atoms with van der Waals surface area (Å²) in [5, 5.41) is 2.80. The van der Waals surface area contributed by atoms with Gasteiger partial charge in [-0.1, -0.05) is 0 Å². The number of ether oxygens (including phenoxy) is 1. The summed E-state index contributed by atoms with van der Waals surface area (Å²) >= 11 is 0.812. The first-order valence-electron chi connectivity index (χ1n) is 6.05. The van der Waals surface area contributed by atoms with Gasteiger partial charge in [0.1, 0.15) is 0 Å². The average Bonchev–Trinajstić information content (AvgIpc) is 2.84. The summed E-state index contributed by atoms with van der Waals surface area (Å²) in [6.45, 7) is 3.80. The highest BCUT2D eigenvalue weighted by molar-refractivity contribution is 7.93. The molecule has 2 aromatic rings. The van der Waals surface area contributed by atoms with Crippen molar-refractivity contribution in [1.29, 1.82) is 0 Å². The van der Waals surface area contributed by atoms with Crippen LogP contribution in [0.25, 0.3) is 0 Å². The molecular weight excluding hydrogens is 314 g/mol. The molecule has 2 aromatic heterocycles. The monoisotopic (exact) mass is 329 g/mol. The Bertz CT molecular complexity index is 709. The van der Waals surface area contributed by atoms with E-state index in [1.165, 1.54) is 7.11 Å². The van der Waals surface area contributed by atoms with Gasteiger partial charge in [0, 0.05) is 30.0 Å². The van der Waals surface area contributed by atoms with E-state index in [-0.39, 0.29) is 22.6 Å². The molecule has 114 valence electrons. The fourth-order valence-corrected chi connectivity index (χ4v) is 3.53. The molecule has 0 bridgehead atoms. The van der Waals surface area contributed by atoms with Gasteiger partial charge in [-0.2, -0.15) is 9.36 Å². The van der Waals surface area contributed by atoms with E-state index in [1.807, 2.05) is 19.9 Å². The van der Waals surface area contributed by atoms with E-state index >= 15 is 0 Å². The Labute approximate surface area is 126 Å². The molecule has 1 N–H and O–H groups in total. The van der Waals surface area contributed by atoms with Gasteiger partial charge in [0.25, 0.3) is 0 Å². The molecule has 21 heavy (non-hydrogen) atoms. The van der Waals surface area contributed by atoms with Gasteiger partial charge in [0.15, 0.2) is 0 Å². The molecule has 0 aliphatic carbocycles. The van der Waals surface area contributed by atoms with Crippen LogP contribution < -0.4 is 5.32 Å². The number of sulfone groups is 1. The molecule has 0 spiro atoms. The van der Waals surface area contributed by atoms with Crippen LogP contribution >= 0.6 is 11.5 Å². The van der Waals surface area contributed by atoms with Crippen LogP contribution in [0.1, 0.15) is 11.4 Å². The lowest BCUT2D eigenvalue weighted by Gasteiger charge is -2.02. The van der Waals surface area contributed by atoms with Crippen molar-refractivity contribution < 1.29 is 13.2 Å². The maximum atomic E-state index is 11.9. The zero-order valence-corrected chi connectivity index (χ0v) is 13.5. The molecule has 0 saturated carbocycles. The molecular formula is C11H15N5O3S2. The highest BCUT2D eigenvalue weighted by Gasteiger charge is 2.20. The van der Waals surface area contributed by atoms with Gasteiger partial charge in [-0.25, -0.2) is 18.4 Å². The number of nitrogens with zero attached hydrogens (tertiary/aromatic N) is 4. The lowest BCUT2D eigenvalue weighted by Crippen LogP contribution is -2.11. The summed E-state index contributed by atoms with van der Waals surface area (Å²) in [6, 6.07) is 1.83. The number of nitrogens with one attached hydrogen (secondary N) is 1. The predicted octanol–water partition coefficient (Wildman–Crippen LogP) is 1.11. The Morgan fingerprint density at radius 3 is 2.48 bits per heavy atom. The van der Waals surface area contributed by atoms with Gasteiger partial charge in [0.2, 0.25) is 26.1 Å². The van der Waals surface area contributed by atoms with Crippen LogP contribution in [-0.2, 0) is 14.6 Å². The summed E-state index contributed by atoms with van der Waals surface area (Å²) < 4.78 is 32.6. The minimum Gasteiger partial charge on any atom is -0.384 e. The summed E-state index contributed by atoms with van der Waals surface area (Å²) in [4.78, 5) is 12.3. The van der Waals surface area contributed by atoms with E-state index in [1.54, 1.807) is 0 Å². The molecule has 0 unspecified atom stereocenters. The smallest absolute Gasteiger partial charge is 0.242 e. The molecule has 0 amide bonds. The van der Waals surface area contributed by atoms with Gasteiger partial charge in [0.05, 0.1) is 12.4 Å². The zero-order chi connectivity index (χ0) is 15.5. The SMILES string of the molecule is COCCS(=O)(=O)c1nc(Nc2nc(C)cc(C)n2)ns1. The maximum absolute atomic E-state index is 11.9. The second kappa shape index (κ2) is 6.41. The Morgan fingerprint density at radius 2 is 1.86 bits per heavy atom. The molecule has 0 atom stereocenters. The number of anilines is 2. The number of hydrogen-bond donors (Lipinski definition) is 1. The first-order valence-corrected chi connectivity index (χ1v) is 8.48. The third kappa shape index (κ3) is 4.16. The fourth-order valence-electron chi connectivity index (χ4n) is 1.55. The normalized spacial score (nSPS) is 11.6.